The Morgan fingerprint density at radius 2 is 2.18 bits per heavy atom. The van der Waals surface area contributed by atoms with Crippen LogP contribution in [0.25, 0.3) is 0 Å². The number of hydrogen-bond donors (Lipinski definition) is 1. The second-order valence-electron chi connectivity index (χ2n) is 5.16. The summed E-state index contributed by atoms with van der Waals surface area (Å²) in [5.74, 6) is 1.29. The highest BCUT2D eigenvalue weighted by Gasteiger charge is 2.31. The molecule has 0 bridgehead atoms. The van der Waals surface area contributed by atoms with Crippen molar-refractivity contribution in [2.24, 2.45) is 5.92 Å². The third-order valence-corrected chi connectivity index (χ3v) is 3.86. The SMILES string of the molecule is CCCNCC1CCC1c1ccc(F)c(C)c1. The zero-order chi connectivity index (χ0) is 12.3. The molecule has 1 fully saturated rings. The van der Waals surface area contributed by atoms with Crippen molar-refractivity contribution in [2.45, 2.75) is 39.0 Å². The summed E-state index contributed by atoms with van der Waals surface area (Å²) in [7, 11) is 0. The molecule has 0 heterocycles. The van der Waals surface area contributed by atoms with E-state index in [1.807, 2.05) is 19.1 Å². The van der Waals surface area contributed by atoms with E-state index in [-0.39, 0.29) is 5.82 Å². The fraction of sp³-hybridized carbons (Fsp3) is 0.600. The maximum atomic E-state index is 13.2. The van der Waals surface area contributed by atoms with Gasteiger partial charge < -0.3 is 5.32 Å². The smallest absolute Gasteiger partial charge is 0.126 e. The van der Waals surface area contributed by atoms with Crippen molar-refractivity contribution in [3.63, 3.8) is 0 Å². The standard InChI is InChI=1S/C15H22FN/c1-3-8-17-10-13-4-6-14(13)12-5-7-15(16)11(2)9-12/h5,7,9,13-14,17H,3-4,6,8,10H2,1-2H3. The normalized spacial score (nSPS) is 23.5. The van der Waals surface area contributed by atoms with E-state index in [0.717, 1.165) is 24.6 Å². The molecule has 1 nitrogen and oxygen atoms in total. The van der Waals surface area contributed by atoms with E-state index in [0.29, 0.717) is 5.92 Å². The van der Waals surface area contributed by atoms with Crippen molar-refractivity contribution in [3.05, 3.63) is 35.1 Å². The number of benzene rings is 1. The summed E-state index contributed by atoms with van der Waals surface area (Å²) in [6.45, 7) is 6.25. The van der Waals surface area contributed by atoms with Crippen LogP contribution >= 0.6 is 0 Å². The fourth-order valence-corrected chi connectivity index (χ4v) is 2.61. The first-order valence-corrected chi connectivity index (χ1v) is 6.69. The molecule has 2 rings (SSSR count). The highest BCUT2D eigenvalue weighted by atomic mass is 19.1. The molecule has 0 saturated heterocycles. The van der Waals surface area contributed by atoms with Gasteiger partial charge in [-0.2, -0.15) is 0 Å². The largest absolute Gasteiger partial charge is 0.316 e. The molecule has 0 aliphatic heterocycles. The van der Waals surface area contributed by atoms with Crippen molar-refractivity contribution >= 4 is 0 Å². The molecule has 1 N–H and O–H groups in total. The summed E-state index contributed by atoms with van der Waals surface area (Å²) in [5.41, 5.74) is 2.09. The predicted octanol–water partition coefficient (Wildman–Crippen LogP) is 3.63. The highest BCUT2D eigenvalue weighted by Crippen LogP contribution is 2.42. The van der Waals surface area contributed by atoms with Gasteiger partial charge in [0.15, 0.2) is 0 Å². The van der Waals surface area contributed by atoms with Gasteiger partial charge in [-0.15, -0.1) is 0 Å². The Morgan fingerprint density at radius 3 is 2.76 bits per heavy atom. The van der Waals surface area contributed by atoms with Gasteiger partial charge in [-0.1, -0.05) is 19.1 Å². The lowest BCUT2D eigenvalue weighted by molar-refractivity contribution is 0.246. The van der Waals surface area contributed by atoms with E-state index < -0.39 is 0 Å². The van der Waals surface area contributed by atoms with E-state index in [9.17, 15) is 4.39 Å². The molecular weight excluding hydrogens is 213 g/mol. The third-order valence-electron chi connectivity index (χ3n) is 3.86. The van der Waals surface area contributed by atoms with Gasteiger partial charge in [-0.25, -0.2) is 4.39 Å². The van der Waals surface area contributed by atoms with Gasteiger partial charge in [0.25, 0.3) is 0 Å². The van der Waals surface area contributed by atoms with Crippen LogP contribution in [0.5, 0.6) is 0 Å². The fourth-order valence-electron chi connectivity index (χ4n) is 2.61. The minimum atomic E-state index is -0.0891. The van der Waals surface area contributed by atoms with Crippen LogP contribution in [0.4, 0.5) is 4.39 Å². The number of aryl methyl sites for hydroxylation is 1. The number of hydrogen-bond acceptors (Lipinski definition) is 1. The van der Waals surface area contributed by atoms with Crippen molar-refractivity contribution in [1.29, 1.82) is 0 Å². The van der Waals surface area contributed by atoms with E-state index in [2.05, 4.69) is 12.2 Å². The Labute approximate surface area is 103 Å². The molecule has 1 aromatic carbocycles. The zero-order valence-corrected chi connectivity index (χ0v) is 10.8. The second-order valence-corrected chi connectivity index (χ2v) is 5.16. The number of halogens is 1. The molecule has 2 heteroatoms. The summed E-state index contributed by atoms with van der Waals surface area (Å²) in [6.07, 6.45) is 3.74. The first kappa shape index (κ1) is 12.6. The molecule has 0 radical (unpaired) electrons. The summed E-state index contributed by atoms with van der Waals surface area (Å²) in [5, 5.41) is 3.49. The lowest BCUT2D eigenvalue weighted by atomic mass is 9.70. The van der Waals surface area contributed by atoms with Crippen LogP contribution in [0.2, 0.25) is 0 Å². The quantitative estimate of drug-likeness (QED) is 0.768. The third kappa shape index (κ3) is 2.86. The molecule has 1 aromatic rings. The average molecular weight is 235 g/mol. The van der Waals surface area contributed by atoms with E-state index >= 15 is 0 Å². The Balaban J connectivity index is 1.95. The number of rotatable bonds is 5. The Morgan fingerprint density at radius 1 is 1.35 bits per heavy atom. The van der Waals surface area contributed by atoms with Gasteiger partial charge in [-0.3, -0.25) is 0 Å². The number of nitrogens with one attached hydrogen (secondary N) is 1. The van der Waals surface area contributed by atoms with Gasteiger partial charge in [0.2, 0.25) is 0 Å². The Hall–Kier alpha value is -0.890. The molecule has 94 valence electrons. The van der Waals surface area contributed by atoms with E-state index in [4.69, 9.17) is 0 Å². The van der Waals surface area contributed by atoms with Crippen LogP contribution in [-0.4, -0.2) is 13.1 Å². The van der Waals surface area contributed by atoms with E-state index in [1.165, 1.54) is 24.8 Å². The minimum Gasteiger partial charge on any atom is -0.316 e. The highest BCUT2D eigenvalue weighted by molar-refractivity contribution is 5.28. The van der Waals surface area contributed by atoms with Crippen molar-refractivity contribution < 1.29 is 4.39 Å². The first-order valence-electron chi connectivity index (χ1n) is 6.69. The van der Waals surface area contributed by atoms with Crippen molar-refractivity contribution in [3.8, 4) is 0 Å². The maximum absolute atomic E-state index is 13.2. The van der Waals surface area contributed by atoms with E-state index in [1.54, 1.807) is 6.07 Å². The predicted molar refractivity (Wildman–Crippen MR) is 69.8 cm³/mol. The van der Waals surface area contributed by atoms with Crippen LogP contribution in [-0.2, 0) is 0 Å². The zero-order valence-electron chi connectivity index (χ0n) is 10.8. The Kier molecular flexibility index (Phi) is 4.16. The summed E-state index contributed by atoms with van der Waals surface area (Å²) in [6, 6.07) is 5.59. The molecule has 2 unspecified atom stereocenters. The first-order chi connectivity index (χ1) is 8.22. The van der Waals surface area contributed by atoms with Gasteiger partial charge in [0, 0.05) is 0 Å². The Bertz CT molecular complexity index is 375. The molecule has 0 aromatic heterocycles. The van der Waals surface area contributed by atoms with Gasteiger partial charge in [0.05, 0.1) is 0 Å². The van der Waals surface area contributed by atoms with Crippen LogP contribution in [0.1, 0.15) is 43.2 Å². The van der Waals surface area contributed by atoms with Crippen LogP contribution < -0.4 is 5.32 Å². The molecule has 1 aliphatic rings. The van der Waals surface area contributed by atoms with Gasteiger partial charge in [0.1, 0.15) is 5.82 Å². The van der Waals surface area contributed by atoms with Crippen LogP contribution in [0, 0.1) is 18.7 Å². The van der Waals surface area contributed by atoms with Gasteiger partial charge in [-0.05, 0) is 68.3 Å². The molecule has 2 atom stereocenters. The molecule has 17 heavy (non-hydrogen) atoms. The second kappa shape index (κ2) is 5.63. The molecule has 1 saturated carbocycles. The lowest BCUT2D eigenvalue weighted by Crippen LogP contribution is -2.34. The summed E-state index contributed by atoms with van der Waals surface area (Å²) in [4.78, 5) is 0. The molecule has 0 amide bonds. The summed E-state index contributed by atoms with van der Waals surface area (Å²) < 4.78 is 13.2. The lowest BCUT2D eigenvalue weighted by Gasteiger charge is -2.37. The molecule has 0 spiro atoms. The van der Waals surface area contributed by atoms with Crippen LogP contribution in [0.3, 0.4) is 0 Å². The van der Waals surface area contributed by atoms with Crippen LogP contribution in [0.15, 0.2) is 18.2 Å². The van der Waals surface area contributed by atoms with Crippen molar-refractivity contribution in [1.82, 2.24) is 5.32 Å². The maximum Gasteiger partial charge on any atom is 0.126 e. The monoisotopic (exact) mass is 235 g/mol. The summed E-state index contributed by atoms with van der Waals surface area (Å²) >= 11 is 0. The van der Waals surface area contributed by atoms with Gasteiger partial charge >= 0.3 is 0 Å². The molecular formula is C15H22FN. The minimum absolute atomic E-state index is 0.0891. The molecule has 1 aliphatic carbocycles. The van der Waals surface area contributed by atoms with Crippen molar-refractivity contribution in [2.75, 3.05) is 13.1 Å². The topological polar surface area (TPSA) is 12.0 Å². The average Bonchev–Trinajstić information content (AvgIpc) is 2.28.